The van der Waals surface area contributed by atoms with Crippen LogP contribution >= 0.6 is 0 Å². The molecule has 0 spiro atoms. The molecule has 100 valence electrons. The van der Waals surface area contributed by atoms with Gasteiger partial charge in [-0.05, 0) is 25.2 Å². The zero-order valence-corrected chi connectivity index (χ0v) is 10.5. The fourth-order valence-corrected chi connectivity index (χ4v) is 2.74. The van der Waals surface area contributed by atoms with Crippen LogP contribution in [0.15, 0.2) is 0 Å². The van der Waals surface area contributed by atoms with E-state index < -0.39 is 6.04 Å². The Labute approximate surface area is 107 Å². The van der Waals surface area contributed by atoms with Gasteiger partial charge in [-0.15, -0.1) is 0 Å². The standard InChI is InChI=1S/C13H20N2O3/c16-11-7-6-10(13(18)15-11)14-12(17)8-9-4-2-1-3-5-9/h9-10H,1-8H2,(H,14,17)(H,15,16,18). The van der Waals surface area contributed by atoms with Crippen LogP contribution in [0.25, 0.3) is 0 Å². The lowest BCUT2D eigenvalue weighted by atomic mass is 9.87. The number of carbonyl (C=O) groups excluding carboxylic acids is 3. The molecule has 1 heterocycles. The van der Waals surface area contributed by atoms with E-state index in [2.05, 4.69) is 10.6 Å². The summed E-state index contributed by atoms with van der Waals surface area (Å²) < 4.78 is 0. The van der Waals surface area contributed by atoms with Crippen molar-refractivity contribution in [3.63, 3.8) is 0 Å². The minimum Gasteiger partial charge on any atom is -0.344 e. The Hall–Kier alpha value is -1.39. The van der Waals surface area contributed by atoms with Crippen molar-refractivity contribution in [1.29, 1.82) is 0 Å². The average molecular weight is 252 g/mol. The van der Waals surface area contributed by atoms with E-state index in [-0.39, 0.29) is 17.7 Å². The second-order valence-corrected chi connectivity index (χ2v) is 5.28. The van der Waals surface area contributed by atoms with Gasteiger partial charge in [0.2, 0.25) is 17.7 Å². The Morgan fingerprint density at radius 3 is 2.56 bits per heavy atom. The zero-order valence-electron chi connectivity index (χ0n) is 10.5. The van der Waals surface area contributed by atoms with Gasteiger partial charge in [-0.3, -0.25) is 19.7 Å². The second-order valence-electron chi connectivity index (χ2n) is 5.28. The Morgan fingerprint density at radius 1 is 1.17 bits per heavy atom. The number of piperidine rings is 1. The highest BCUT2D eigenvalue weighted by Crippen LogP contribution is 2.26. The minimum absolute atomic E-state index is 0.0589. The van der Waals surface area contributed by atoms with Crippen LogP contribution in [0.4, 0.5) is 0 Å². The van der Waals surface area contributed by atoms with Gasteiger partial charge in [0, 0.05) is 12.8 Å². The first-order valence-electron chi connectivity index (χ1n) is 6.78. The third kappa shape index (κ3) is 3.55. The second kappa shape index (κ2) is 5.98. The number of hydrogen-bond donors (Lipinski definition) is 2. The molecule has 3 amide bonds. The van der Waals surface area contributed by atoms with Gasteiger partial charge in [0.25, 0.3) is 0 Å². The molecule has 2 fully saturated rings. The van der Waals surface area contributed by atoms with Crippen molar-refractivity contribution in [1.82, 2.24) is 10.6 Å². The monoisotopic (exact) mass is 252 g/mol. The zero-order chi connectivity index (χ0) is 13.0. The van der Waals surface area contributed by atoms with Gasteiger partial charge in [0.15, 0.2) is 0 Å². The lowest BCUT2D eigenvalue weighted by Crippen LogP contribution is -2.52. The van der Waals surface area contributed by atoms with Crippen LogP contribution in [0.2, 0.25) is 0 Å². The highest BCUT2D eigenvalue weighted by molar-refractivity contribution is 6.01. The molecule has 2 N–H and O–H groups in total. The summed E-state index contributed by atoms with van der Waals surface area (Å²) in [6.07, 6.45) is 7.14. The summed E-state index contributed by atoms with van der Waals surface area (Å²) in [5.74, 6) is -0.218. The molecule has 5 nitrogen and oxygen atoms in total. The lowest BCUT2D eigenvalue weighted by molar-refractivity contribution is -0.137. The van der Waals surface area contributed by atoms with Crippen molar-refractivity contribution in [3.05, 3.63) is 0 Å². The van der Waals surface area contributed by atoms with Crippen LogP contribution < -0.4 is 10.6 Å². The molecular weight excluding hydrogens is 232 g/mol. The summed E-state index contributed by atoms with van der Waals surface area (Å²) in [7, 11) is 0. The van der Waals surface area contributed by atoms with E-state index >= 15 is 0 Å². The van der Waals surface area contributed by atoms with Gasteiger partial charge in [0.1, 0.15) is 6.04 Å². The highest BCUT2D eigenvalue weighted by Gasteiger charge is 2.28. The topological polar surface area (TPSA) is 75.3 Å². The van der Waals surface area contributed by atoms with Gasteiger partial charge in [-0.25, -0.2) is 0 Å². The summed E-state index contributed by atoms with van der Waals surface area (Å²) in [6.45, 7) is 0. The third-order valence-corrected chi connectivity index (χ3v) is 3.77. The van der Waals surface area contributed by atoms with Crippen molar-refractivity contribution in [2.75, 3.05) is 0 Å². The fraction of sp³-hybridized carbons (Fsp3) is 0.769. The molecule has 1 unspecified atom stereocenters. The molecule has 18 heavy (non-hydrogen) atoms. The molecule has 0 radical (unpaired) electrons. The van der Waals surface area contributed by atoms with Gasteiger partial charge in [-0.1, -0.05) is 19.3 Å². The maximum atomic E-state index is 11.8. The van der Waals surface area contributed by atoms with Gasteiger partial charge in [-0.2, -0.15) is 0 Å². The summed E-state index contributed by atoms with van der Waals surface area (Å²) in [5, 5.41) is 4.98. The largest absolute Gasteiger partial charge is 0.344 e. The van der Waals surface area contributed by atoms with Gasteiger partial charge < -0.3 is 5.32 Å². The number of imide groups is 1. The van der Waals surface area contributed by atoms with Crippen molar-refractivity contribution in [2.45, 2.75) is 57.4 Å². The van der Waals surface area contributed by atoms with E-state index in [0.717, 1.165) is 12.8 Å². The summed E-state index contributed by atoms with van der Waals surface area (Å²) >= 11 is 0. The molecule has 0 aromatic carbocycles. The third-order valence-electron chi connectivity index (χ3n) is 3.77. The van der Waals surface area contributed by atoms with Crippen LogP contribution in [0.5, 0.6) is 0 Å². The van der Waals surface area contributed by atoms with Crippen molar-refractivity contribution in [3.8, 4) is 0 Å². The first-order valence-corrected chi connectivity index (χ1v) is 6.78. The van der Waals surface area contributed by atoms with E-state index in [1.54, 1.807) is 0 Å². The maximum absolute atomic E-state index is 11.8. The smallest absolute Gasteiger partial charge is 0.249 e. The highest BCUT2D eigenvalue weighted by atomic mass is 16.2. The van der Waals surface area contributed by atoms with Crippen LogP contribution in [0, 0.1) is 5.92 Å². The predicted molar refractivity (Wildman–Crippen MR) is 65.5 cm³/mol. The van der Waals surface area contributed by atoms with Gasteiger partial charge >= 0.3 is 0 Å². The first-order chi connectivity index (χ1) is 8.65. The number of hydrogen-bond acceptors (Lipinski definition) is 3. The Kier molecular flexibility index (Phi) is 4.33. The van der Waals surface area contributed by atoms with Gasteiger partial charge in [0.05, 0.1) is 0 Å². The van der Waals surface area contributed by atoms with E-state index in [1.165, 1.54) is 19.3 Å². The normalized spacial score (nSPS) is 25.7. The van der Waals surface area contributed by atoms with Crippen LogP contribution in [-0.2, 0) is 14.4 Å². The molecule has 1 aliphatic heterocycles. The Bertz CT molecular complexity index is 348. The summed E-state index contributed by atoms with van der Waals surface area (Å²) in [6, 6.07) is -0.529. The Morgan fingerprint density at radius 2 is 1.89 bits per heavy atom. The van der Waals surface area contributed by atoms with Crippen LogP contribution in [0.3, 0.4) is 0 Å². The molecule has 1 saturated heterocycles. The van der Waals surface area contributed by atoms with Crippen molar-refractivity contribution >= 4 is 17.7 Å². The van der Waals surface area contributed by atoms with Crippen LogP contribution in [-0.4, -0.2) is 23.8 Å². The molecule has 2 rings (SSSR count). The summed E-state index contributed by atoms with van der Waals surface area (Å²) in [4.78, 5) is 34.3. The lowest BCUT2D eigenvalue weighted by Gasteiger charge is -2.24. The van der Waals surface area contributed by atoms with E-state index in [0.29, 0.717) is 25.2 Å². The molecule has 0 aromatic rings. The molecular formula is C13H20N2O3. The summed E-state index contributed by atoms with van der Waals surface area (Å²) in [5.41, 5.74) is 0. The van der Waals surface area contributed by atoms with E-state index in [1.807, 2.05) is 0 Å². The van der Waals surface area contributed by atoms with Crippen LogP contribution in [0.1, 0.15) is 51.4 Å². The number of rotatable bonds is 3. The number of nitrogens with one attached hydrogen (secondary N) is 2. The average Bonchev–Trinajstić information content (AvgIpc) is 2.34. The fourth-order valence-electron chi connectivity index (χ4n) is 2.74. The number of amides is 3. The van der Waals surface area contributed by atoms with E-state index in [9.17, 15) is 14.4 Å². The quantitative estimate of drug-likeness (QED) is 0.732. The Balaban J connectivity index is 1.76. The molecule has 0 bridgehead atoms. The van der Waals surface area contributed by atoms with E-state index in [4.69, 9.17) is 0 Å². The first kappa shape index (κ1) is 13.1. The number of carbonyl (C=O) groups is 3. The minimum atomic E-state index is -0.529. The predicted octanol–water partition coefficient (Wildman–Crippen LogP) is 0.878. The molecule has 5 heteroatoms. The van der Waals surface area contributed by atoms with Crippen molar-refractivity contribution < 1.29 is 14.4 Å². The van der Waals surface area contributed by atoms with Crippen molar-refractivity contribution in [2.24, 2.45) is 5.92 Å². The SMILES string of the molecule is O=C1CCC(NC(=O)CC2CCCCC2)C(=O)N1. The molecule has 0 aromatic heterocycles. The maximum Gasteiger partial charge on any atom is 0.249 e. The molecule has 1 atom stereocenters. The molecule has 1 aliphatic carbocycles. The molecule has 1 saturated carbocycles. The molecule has 2 aliphatic rings.